The monoisotopic (exact) mass is 715 g/mol. The van der Waals surface area contributed by atoms with Crippen LogP contribution in [0.15, 0.2) is 176 Å². The summed E-state index contributed by atoms with van der Waals surface area (Å²) in [7, 11) is 0. The van der Waals surface area contributed by atoms with Crippen LogP contribution < -0.4 is 20.6 Å². The summed E-state index contributed by atoms with van der Waals surface area (Å²) >= 11 is 0. The van der Waals surface area contributed by atoms with Crippen LogP contribution in [0.2, 0.25) is 0 Å². The smallest absolute Gasteiger partial charge is 0.333 e. The molecule has 9 aromatic rings. The van der Waals surface area contributed by atoms with Crippen LogP contribution in [0.3, 0.4) is 0 Å². The number of benzene rings is 8. The van der Waals surface area contributed by atoms with Crippen molar-refractivity contribution in [3.8, 4) is 27.9 Å². The number of aryl methyl sites for hydroxylation is 1. The van der Waals surface area contributed by atoms with Gasteiger partial charge in [0.2, 0.25) is 0 Å². The lowest BCUT2D eigenvalue weighted by Crippen LogP contribution is -2.61. The highest BCUT2D eigenvalue weighted by Gasteiger charge is 2.48. The molecule has 1 aromatic heterocycles. The van der Waals surface area contributed by atoms with E-state index in [2.05, 4.69) is 211 Å². The first-order valence-electron chi connectivity index (χ1n) is 19.7. The van der Waals surface area contributed by atoms with Gasteiger partial charge in [0.05, 0.1) is 11.0 Å². The molecule has 4 heteroatoms. The lowest BCUT2D eigenvalue weighted by Gasteiger charge is -2.44. The van der Waals surface area contributed by atoms with Crippen molar-refractivity contribution in [1.29, 1.82) is 0 Å². The van der Waals surface area contributed by atoms with E-state index >= 15 is 0 Å². The Bertz CT molecular complexity index is 3050. The van der Waals surface area contributed by atoms with Crippen LogP contribution in [0, 0.1) is 6.92 Å². The summed E-state index contributed by atoms with van der Waals surface area (Å²) in [6.45, 7) is 7.00. The molecular weight excluding hydrogens is 677 g/mol. The third kappa shape index (κ3) is 4.08. The highest BCUT2D eigenvalue weighted by molar-refractivity contribution is 6.93. The topological polar surface area (TPSA) is 11.4 Å². The molecule has 264 valence electrons. The van der Waals surface area contributed by atoms with Gasteiger partial charge in [0.1, 0.15) is 0 Å². The Morgan fingerprint density at radius 2 is 1.20 bits per heavy atom. The predicted octanol–water partition coefficient (Wildman–Crippen LogP) is 12.1. The molecule has 0 amide bonds. The highest BCUT2D eigenvalue weighted by Crippen LogP contribution is 2.58. The second-order valence-electron chi connectivity index (χ2n) is 16.1. The van der Waals surface area contributed by atoms with Crippen LogP contribution in [0.5, 0.6) is 0 Å². The fourth-order valence-corrected chi connectivity index (χ4v) is 10.5. The molecule has 8 aromatic carbocycles. The van der Waals surface area contributed by atoms with E-state index in [9.17, 15) is 0 Å². The molecular formula is C52H38BN3. The van der Waals surface area contributed by atoms with Gasteiger partial charge in [0.15, 0.2) is 0 Å². The predicted molar refractivity (Wildman–Crippen MR) is 237 cm³/mol. The molecule has 0 unspecified atom stereocenters. The largest absolute Gasteiger partial charge is 0.376 e. The van der Waals surface area contributed by atoms with E-state index in [0.29, 0.717) is 0 Å². The fraction of sp³-hybridized carbons (Fsp3) is 0.0769. The molecule has 1 aliphatic carbocycles. The molecule has 0 radical (unpaired) electrons. The molecule has 0 spiro atoms. The Hall–Kier alpha value is -6.78. The zero-order valence-electron chi connectivity index (χ0n) is 31.7. The minimum absolute atomic E-state index is 0.0626. The van der Waals surface area contributed by atoms with Gasteiger partial charge in [-0.25, -0.2) is 0 Å². The van der Waals surface area contributed by atoms with Gasteiger partial charge < -0.3 is 14.3 Å². The van der Waals surface area contributed by atoms with Crippen molar-refractivity contribution in [3.05, 3.63) is 193 Å². The van der Waals surface area contributed by atoms with Crippen molar-refractivity contribution >= 4 is 68.0 Å². The van der Waals surface area contributed by atoms with E-state index in [1.54, 1.807) is 0 Å². The third-order valence-electron chi connectivity index (χ3n) is 12.9. The first-order valence-corrected chi connectivity index (χ1v) is 19.7. The Balaban J connectivity index is 1.28. The average molecular weight is 716 g/mol. The highest BCUT2D eigenvalue weighted by atomic mass is 15.2. The summed E-state index contributed by atoms with van der Waals surface area (Å²) in [5.41, 5.74) is 21.5. The van der Waals surface area contributed by atoms with Crippen molar-refractivity contribution in [3.63, 3.8) is 0 Å². The molecule has 3 nitrogen and oxygen atoms in total. The van der Waals surface area contributed by atoms with Gasteiger partial charge >= 0.3 is 6.85 Å². The molecule has 12 rings (SSSR count). The second-order valence-corrected chi connectivity index (χ2v) is 16.1. The van der Waals surface area contributed by atoms with Gasteiger partial charge in [-0.2, -0.15) is 0 Å². The second kappa shape index (κ2) is 11.4. The van der Waals surface area contributed by atoms with Gasteiger partial charge in [-0.1, -0.05) is 141 Å². The van der Waals surface area contributed by atoms with Crippen LogP contribution in [0.25, 0.3) is 49.7 Å². The molecule has 0 fully saturated rings. The SMILES string of the molecule is Cc1ccccc1N1B2c3c(cc(N(c4ccccc4)c4ccccc4)cc3-n3c4ccccc4c4cccc2c43)-c2ccc3c(c21)-c1ccccc1C3(C)C. The van der Waals surface area contributed by atoms with E-state index in [1.165, 1.54) is 88.7 Å². The van der Waals surface area contributed by atoms with Crippen LogP contribution in [0.4, 0.5) is 28.4 Å². The van der Waals surface area contributed by atoms with E-state index in [-0.39, 0.29) is 12.3 Å². The zero-order chi connectivity index (χ0) is 37.3. The zero-order valence-corrected chi connectivity index (χ0v) is 31.7. The quantitative estimate of drug-likeness (QED) is 0.168. The molecule has 3 aliphatic rings. The first-order chi connectivity index (χ1) is 27.5. The number of fused-ring (bicyclic) bond motifs is 11. The van der Waals surface area contributed by atoms with Gasteiger partial charge in [0, 0.05) is 61.4 Å². The number of rotatable bonds is 4. The summed E-state index contributed by atoms with van der Waals surface area (Å²) < 4.78 is 2.57. The van der Waals surface area contributed by atoms with Crippen LogP contribution in [0.1, 0.15) is 30.5 Å². The summed E-state index contributed by atoms with van der Waals surface area (Å²) in [5, 5.41) is 2.57. The lowest BCUT2D eigenvalue weighted by molar-refractivity contribution is 0.660. The first kappa shape index (κ1) is 31.6. The molecule has 0 N–H and O–H groups in total. The Labute approximate surface area is 327 Å². The van der Waals surface area contributed by atoms with E-state index < -0.39 is 0 Å². The molecule has 0 saturated carbocycles. The maximum absolute atomic E-state index is 2.72. The van der Waals surface area contributed by atoms with Gasteiger partial charge in [-0.3, -0.25) is 0 Å². The van der Waals surface area contributed by atoms with E-state index in [0.717, 1.165) is 17.1 Å². The number of hydrogen-bond acceptors (Lipinski definition) is 2. The van der Waals surface area contributed by atoms with Crippen LogP contribution in [-0.4, -0.2) is 11.4 Å². The minimum atomic E-state index is -0.137. The Morgan fingerprint density at radius 1 is 0.518 bits per heavy atom. The molecule has 2 aliphatic heterocycles. The van der Waals surface area contributed by atoms with Gasteiger partial charge in [0.25, 0.3) is 0 Å². The Morgan fingerprint density at radius 3 is 1.98 bits per heavy atom. The van der Waals surface area contributed by atoms with Gasteiger partial charge in [-0.05, 0) is 94.2 Å². The molecule has 0 bridgehead atoms. The number of nitrogens with zero attached hydrogens (tertiary/aromatic N) is 3. The van der Waals surface area contributed by atoms with Crippen LogP contribution in [-0.2, 0) is 5.41 Å². The Kier molecular flexibility index (Phi) is 6.41. The standard InChI is InChI=1S/C52H38BN3/c1-33-17-10-14-27-45(33)56-51-39(29-30-43-48(51)40-23-11-13-25-42(40)52(43,2)3)41-31-36(54(34-18-6-4-7-19-34)35-20-8-5-9-21-35)32-47-49(41)53(56)44-26-16-24-38-37-22-12-15-28-46(37)55(47)50(38)44/h4-32H,1-3H3. The normalized spacial score (nSPS) is 14.1. The van der Waals surface area contributed by atoms with Crippen molar-refractivity contribution in [1.82, 2.24) is 4.57 Å². The minimum Gasteiger partial charge on any atom is -0.376 e. The van der Waals surface area contributed by atoms with Crippen molar-refractivity contribution in [2.75, 3.05) is 9.71 Å². The average Bonchev–Trinajstić information content (AvgIpc) is 3.70. The van der Waals surface area contributed by atoms with Crippen molar-refractivity contribution in [2.24, 2.45) is 0 Å². The lowest BCUT2D eigenvalue weighted by atomic mass is 9.43. The molecule has 56 heavy (non-hydrogen) atoms. The molecule has 0 atom stereocenters. The van der Waals surface area contributed by atoms with Crippen molar-refractivity contribution < 1.29 is 0 Å². The number of para-hydroxylation sites is 5. The summed E-state index contributed by atoms with van der Waals surface area (Å²) in [6.07, 6.45) is 0. The maximum atomic E-state index is 2.72. The summed E-state index contributed by atoms with van der Waals surface area (Å²) in [5.74, 6) is 0. The number of anilines is 5. The number of hydrogen-bond donors (Lipinski definition) is 0. The summed E-state index contributed by atoms with van der Waals surface area (Å²) in [4.78, 5) is 5.14. The fourth-order valence-electron chi connectivity index (χ4n) is 10.5. The third-order valence-corrected chi connectivity index (χ3v) is 12.9. The molecule has 3 heterocycles. The van der Waals surface area contributed by atoms with E-state index in [4.69, 9.17) is 0 Å². The number of aromatic nitrogens is 1. The molecule has 0 saturated heterocycles. The van der Waals surface area contributed by atoms with E-state index in [1.807, 2.05) is 0 Å². The van der Waals surface area contributed by atoms with Crippen molar-refractivity contribution in [2.45, 2.75) is 26.2 Å². The summed E-state index contributed by atoms with van der Waals surface area (Å²) in [6, 6.07) is 65.5. The maximum Gasteiger partial charge on any atom is 0.333 e. The van der Waals surface area contributed by atoms with Gasteiger partial charge in [-0.15, -0.1) is 0 Å². The van der Waals surface area contributed by atoms with Crippen LogP contribution >= 0.6 is 0 Å².